The van der Waals surface area contributed by atoms with Crippen molar-refractivity contribution >= 4 is 46.6 Å². The Morgan fingerprint density at radius 2 is 2.03 bits per heavy atom. The highest BCUT2D eigenvalue weighted by Crippen LogP contribution is 2.28. The number of carboxylic acids is 1. The number of aliphatic carboxylic acids is 1. The normalized spacial score (nSPS) is 17.3. The first kappa shape index (κ1) is 21.7. The predicted octanol–water partition coefficient (Wildman–Crippen LogP) is 3.32. The van der Waals surface area contributed by atoms with Gasteiger partial charge in [-0.05, 0) is 41.5 Å². The summed E-state index contributed by atoms with van der Waals surface area (Å²) in [6, 6.07) is 12.7. The number of methoxy groups -OCH3 is 1. The summed E-state index contributed by atoms with van der Waals surface area (Å²) in [7, 11) is 1.54. The molecule has 2 aromatic rings. The summed E-state index contributed by atoms with van der Waals surface area (Å²) in [5.74, 6) is -0.324. The Morgan fingerprint density at radius 3 is 2.73 bits per heavy atom. The number of nitrogens with one attached hydrogen (secondary N) is 1. The van der Waals surface area contributed by atoms with Crippen LogP contribution in [-0.2, 0) is 16.2 Å². The molecule has 1 heterocycles. The maximum Gasteiger partial charge on any atom is 0.305 e. The lowest BCUT2D eigenvalue weighted by Gasteiger charge is -2.11. The molecule has 8 nitrogen and oxygen atoms in total. The Hall–Kier alpha value is -3.04. The molecule has 2 N–H and O–H groups in total. The molecule has 30 heavy (non-hydrogen) atoms. The van der Waals surface area contributed by atoms with Gasteiger partial charge in [-0.3, -0.25) is 9.59 Å². The monoisotopic (exact) mass is 447 g/mol. The van der Waals surface area contributed by atoms with Crippen LogP contribution in [0.2, 0.25) is 5.02 Å². The van der Waals surface area contributed by atoms with Gasteiger partial charge in [0.15, 0.2) is 16.7 Å². The average molecular weight is 448 g/mol. The van der Waals surface area contributed by atoms with Crippen molar-refractivity contribution in [3.05, 3.63) is 58.6 Å². The molecule has 10 heteroatoms. The van der Waals surface area contributed by atoms with Crippen molar-refractivity contribution in [2.24, 2.45) is 10.2 Å². The van der Waals surface area contributed by atoms with Gasteiger partial charge >= 0.3 is 5.97 Å². The van der Waals surface area contributed by atoms with Crippen LogP contribution in [0.3, 0.4) is 0 Å². The SMILES string of the molecule is COc1cc(/C=N/N=C2NC(=O)C(CC(=O)O)S2)ccc1OCc1ccc(Cl)cc1. The number of carbonyl (C=O) groups excluding carboxylic acids is 1. The van der Waals surface area contributed by atoms with Crippen LogP contribution < -0.4 is 14.8 Å². The summed E-state index contributed by atoms with van der Waals surface area (Å²) >= 11 is 6.92. The van der Waals surface area contributed by atoms with E-state index in [-0.39, 0.29) is 17.5 Å². The summed E-state index contributed by atoms with van der Waals surface area (Å²) in [5.41, 5.74) is 1.69. The number of thioether (sulfide) groups is 1. The summed E-state index contributed by atoms with van der Waals surface area (Å²) in [6.07, 6.45) is 1.23. The minimum atomic E-state index is -1.04. The molecule has 0 aliphatic carbocycles. The van der Waals surface area contributed by atoms with Crippen LogP contribution in [0.15, 0.2) is 52.7 Å². The molecule has 1 aliphatic rings. The highest BCUT2D eigenvalue weighted by molar-refractivity contribution is 8.15. The third-order valence-electron chi connectivity index (χ3n) is 3.99. The second-order valence-electron chi connectivity index (χ2n) is 6.17. The second-order valence-corrected chi connectivity index (χ2v) is 7.80. The molecule has 1 unspecified atom stereocenters. The van der Waals surface area contributed by atoms with Crippen LogP contribution >= 0.6 is 23.4 Å². The molecule has 0 aromatic heterocycles. The number of halogens is 1. The number of amides is 1. The molecule has 1 saturated heterocycles. The smallest absolute Gasteiger partial charge is 0.305 e. The van der Waals surface area contributed by atoms with Crippen molar-refractivity contribution < 1.29 is 24.2 Å². The van der Waals surface area contributed by atoms with Gasteiger partial charge in [0.05, 0.1) is 19.7 Å². The minimum Gasteiger partial charge on any atom is -0.493 e. The Bertz CT molecular complexity index is 994. The van der Waals surface area contributed by atoms with Gasteiger partial charge in [0.25, 0.3) is 0 Å². The molecule has 2 aromatic carbocycles. The van der Waals surface area contributed by atoms with E-state index >= 15 is 0 Å². The summed E-state index contributed by atoms with van der Waals surface area (Å²) in [4.78, 5) is 22.4. The van der Waals surface area contributed by atoms with Gasteiger partial charge in [0.2, 0.25) is 5.91 Å². The number of hydrogen-bond donors (Lipinski definition) is 2. The summed E-state index contributed by atoms with van der Waals surface area (Å²) in [5, 5.41) is 19.4. The quantitative estimate of drug-likeness (QED) is 0.474. The lowest BCUT2D eigenvalue weighted by Crippen LogP contribution is -2.26. The van der Waals surface area contributed by atoms with Crippen LogP contribution in [0.5, 0.6) is 11.5 Å². The van der Waals surface area contributed by atoms with Crippen molar-refractivity contribution in [1.29, 1.82) is 0 Å². The standard InChI is InChI=1S/C20H18ClN3O5S/c1-28-16-8-13(4-7-15(16)29-11-12-2-5-14(21)6-3-12)10-22-24-20-23-19(27)17(30-20)9-18(25)26/h2-8,10,17H,9,11H2,1H3,(H,25,26)(H,23,24,27)/b22-10+. The average Bonchev–Trinajstić information content (AvgIpc) is 3.06. The molecule has 1 amide bonds. The molecule has 1 aliphatic heterocycles. The molecule has 1 atom stereocenters. The molecule has 156 valence electrons. The van der Waals surface area contributed by atoms with E-state index in [0.29, 0.717) is 28.7 Å². The van der Waals surface area contributed by atoms with Crippen LogP contribution in [-0.4, -0.2) is 40.7 Å². The Kier molecular flexibility index (Phi) is 7.31. The van der Waals surface area contributed by atoms with Gasteiger partial charge in [-0.15, -0.1) is 5.10 Å². The van der Waals surface area contributed by atoms with E-state index in [1.54, 1.807) is 37.4 Å². The molecular formula is C20H18ClN3O5S. The fraction of sp³-hybridized carbons (Fsp3) is 0.200. The third-order valence-corrected chi connectivity index (χ3v) is 5.31. The number of carboxylic acid groups (broad SMARTS) is 1. The summed E-state index contributed by atoms with van der Waals surface area (Å²) < 4.78 is 11.2. The summed E-state index contributed by atoms with van der Waals surface area (Å²) in [6.45, 7) is 0.364. The Labute approximate surface area is 181 Å². The number of hydrogen-bond acceptors (Lipinski definition) is 7. The van der Waals surface area contributed by atoms with Crippen molar-refractivity contribution in [3.63, 3.8) is 0 Å². The van der Waals surface area contributed by atoms with Gasteiger partial charge in [0.1, 0.15) is 11.9 Å². The highest BCUT2D eigenvalue weighted by Gasteiger charge is 2.32. The number of nitrogens with zero attached hydrogens (tertiary/aromatic N) is 2. The van der Waals surface area contributed by atoms with E-state index in [2.05, 4.69) is 15.5 Å². The molecule has 0 radical (unpaired) electrons. The van der Waals surface area contributed by atoms with Crippen LogP contribution in [0, 0.1) is 0 Å². The molecule has 3 rings (SSSR count). The molecular weight excluding hydrogens is 430 g/mol. The van der Waals surface area contributed by atoms with E-state index in [9.17, 15) is 9.59 Å². The zero-order chi connectivity index (χ0) is 21.5. The Balaban J connectivity index is 1.62. The van der Waals surface area contributed by atoms with E-state index in [4.69, 9.17) is 26.2 Å². The topological polar surface area (TPSA) is 110 Å². The first-order chi connectivity index (χ1) is 14.4. The van der Waals surface area contributed by atoms with Gasteiger partial charge in [-0.25, -0.2) is 0 Å². The predicted molar refractivity (Wildman–Crippen MR) is 116 cm³/mol. The molecule has 0 bridgehead atoms. The zero-order valence-electron chi connectivity index (χ0n) is 15.9. The Morgan fingerprint density at radius 1 is 1.27 bits per heavy atom. The van der Waals surface area contributed by atoms with E-state index in [0.717, 1.165) is 17.3 Å². The van der Waals surface area contributed by atoms with Crippen molar-refractivity contribution in [2.75, 3.05) is 7.11 Å². The number of benzene rings is 2. The van der Waals surface area contributed by atoms with Crippen LogP contribution in [0.25, 0.3) is 0 Å². The molecule has 1 fully saturated rings. The highest BCUT2D eigenvalue weighted by atomic mass is 35.5. The van der Waals surface area contributed by atoms with Crippen molar-refractivity contribution in [1.82, 2.24) is 5.32 Å². The lowest BCUT2D eigenvalue weighted by atomic mass is 10.2. The number of rotatable bonds is 8. The van der Waals surface area contributed by atoms with Crippen LogP contribution in [0.1, 0.15) is 17.5 Å². The fourth-order valence-corrected chi connectivity index (χ4v) is 3.56. The largest absolute Gasteiger partial charge is 0.493 e. The van der Waals surface area contributed by atoms with Gasteiger partial charge in [-0.1, -0.05) is 35.5 Å². The van der Waals surface area contributed by atoms with Gasteiger partial charge in [0, 0.05) is 5.02 Å². The third kappa shape index (κ3) is 5.98. The first-order valence-electron chi connectivity index (χ1n) is 8.80. The first-order valence-corrected chi connectivity index (χ1v) is 10.1. The number of amidine groups is 1. The van der Waals surface area contributed by atoms with Crippen molar-refractivity contribution in [3.8, 4) is 11.5 Å². The maximum atomic E-state index is 11.7. The number of carbonyl (C=O) groups is 2. The molecule has 0 spiro atoms. The zero-order valence-corrected chi connectivity index (χ0v) is 17.4. The van der Waals surface area contributed by atoms with E-state index in [1.807, 2.05) is 12.1 Å². The van der Waals surface area contributed by atoms with E-state index in [1.165, 1.54) is 6.21 Å². The second kappa shape index (κ2) is 10.1. The van der Waals surface area contributed by atoms with Gasteiger partial charge in [-0.2, -0.15) is 5.10 Å². The maximum absolute atomic E-state index is 11.7. The van der Waals surface area contributed by atoms with Gasteiger partial charge < -0.3 is 19.9 Å². The number of ether oxygens (including phenoxy) is 2. The van der Waals surface area contributed by atoms with Crippen molar-refractivity contribution in [2.45, 2.75) is 18.3 Å². The minimum absolute atomic E-state index is 0.261. The fourth-order valence-electron chi connectivity index (χ4n) is 2.52. The van der Waals surface area contributed by atoms with E-state index < -0.39 is 11.2 Å². The molecule has 0 saturated carbocycles. The lowest BCUT2D eigenvalue weighted by molar-refractivity contribution is -0.138. The van der Waals surface area contributed by atoms with Crippen LogP contribution in [0.4, 0.5) is 0 Å².